The summed E-state index contributed by atoms with van der Waals surface area (Å²) in [7, 11) is 0. The van der Waals surface area contributed by atoms with Crippen LogP contribution in [0.1, 0.15) is 11.1 Å². The number of rotatable bonds is 4. The van der Waals surface area contributed by atoms with E-state index < -0.39 is 6.03 Å². The second-order valence-corrected chi connectivity index (χ2v) is 7.18. The number of urea groups is 1. The summed E-state index contributed by atoms with van der Waals surface area (Å²) in [5, 5.41) is 3.74. The Balaban J connectivity index is 1.53. The number of benzene rings is 3. The molecule has 1 saturated heterocycles. The van der Waals surface area contributed by atoms with Crippen LogP contribution in [-0.4, -0.2) is 16.5 Å². The van der Waals surface area contributed by atoms with Gasteiger partial charge in [-0.15, -0.1) is 0 Å². The number of imide groups is 1. The molecule has 5 rings (SSSR count). The molecule has 0 unspecified atom stereocenters. The molecule has 0 saturated carbocycles. The molecule has 0 atom stereocenters. The molecule has 5 heteroatoms. The third-order valence-electron chi connectivity index (χ3n) is 5.21. The monoisotopic (exact) mass is 393 g/mol. The van der Waals surface area contributed by atoms with Crippen molar-refractivity contribution in [2.45, 2.75) is 6.54 Å². The van der Waals surface area contributed by atoms with Crippen molar-refractivity contribution in [3.05, 3.63) is 108 Å². The highest BCUT2D eigenvalue weighted by Crippen LogP contribution is 2.27. The summed E-state index contributed by atoms with van der Waals surface area (Å²) in [6, 6.07) is 26.8. The van der Waals surface area contributed by atoms with Crippen molar-refractivity contribution in [3.8, 4) is 0 Å². The lowest BCUT2D eigenvalue weighted by Gasteiger charge is -2.10. The van der Waals surface area contributed by atoms with Gasteiger partial charge in [-0.3, -0.25) is 4.79 Å². The molecule has 3 amide bonds. The fourth-order valence-electron chi connectivity index (χ4n) is 3.80. The van der Waals surface area contributed by atoms with Gasteiger partial charge in [0.1, 0.15) is 5.70 Å². The molecule has 5 nitrogen and oxygen atoms in total. The Morgan fingerprint density at radius 3 is 2.23 bits per heavy atom. The lowest BCUT2D eigenvalue weighted by atomic mass is 10.1. The van der Waals surface area contributed by atoms with E-state index in [9.17, 15) is 9.59 Å². The molecule has 1 N–H and O–H groups in total. The second kappa shape index (κ2) is 7.37. The van der Waals surface area contributed by atoms with E-state index in [1.807, 2.05) is 48.7 Å². The van der Waals surface area contributed by atoms with Gasteiger partial charge >= 0.3 is 6.03 Å². The predicted octanol–water partition coefficient (Wildman–Crippen LogP) is 4.79. The van der Waals surface area contributed by atoms with E-state index in [0.29, 0.717) is 5.69 Å². The smallest absolute Gasteiger partial charge is 0.333 e. The number of carbonyl (C=O) groups excluding carboxylic acids is 2. The SMILES string of the molecule is O=C1NC(=Cc2cn(Cc3ccccc3)c3ccccc23)C(=O)N1c1ccccc1. The van der Waals surface area contributed by atoms with Gasteiger partial charge in [-0.05, 0) is 29.8 Å². The van der Waals surface area contributed by atoms with Gasteiger partial charge in [-0.2, -0.15) is 0 Å². The van der Waals surface area contributed by atoms with Crippen LogP contribution in [0.25, 0.3) is 17.0 Å². The fourth-order valence-corrected chi connectivity index (χ4v) is 3.80. The van der Waals surface area contributed by atoms with Crippen molar-refractivity contribution < 1.29 is 9.59 Å². The summed E-state index contributed by atoms with van der Waals surface area (Å²) in [5.41, 5.74) is 3.98. The fraction of sp³-hybridized carbons (Fsp3) is 0.0400. The van der Waals surface area contributed by atoms with Gasteiger partial charge in [0.15, 0.2) is 0 Å². The minimum atomic E-state index is -0.439. The van der Waals surface area contributed by atoms with E-state index >= 15 is 0 Å². The number of anilines is 1. The Bertz CT molecular complexity index is 1270. The van der Waals surface area contributed by atoms with Crippen molar-refractivity contribution in [1.82, 2.24) is 9.88 Å². The second-order valence-electron chi connectivity index (χ2n) is 7.18. The molecule has 0 bridgehead atoms. The zero-order chi connectivity index (χ0) is 20.5. The van der Waals surface area contributed by atoms with Crippen LogP contribution in [0, 0.1) is 0 Å². The molecule has 146 valence electrons. The molecular weight excluding hydrogens is 374 g/mol. The molecule has 1 aliphatic heterocycles. The number of amides is 3. The summed E-state index contributed by atoms with van der Waals surface area (Å²) in [6.07, 6.45) is 3.78. The summed E-state index contributed by atoms with van der Waals surface area (Å²) in [4.78, 5) is 26.5. The van der Waals surface area contributed by atoms with Crippen LogP contribution in [0.15, 0.2) is 96.8 Å². The van der Waals surface area contributed by atoms with Crippen molar-refractivity contribution in [2.24, 2.45) is 0 Å². The van der Waals surface area contributed by atoms with E-state index in [1.54, 1.807) is 30.3 Å². The molecule has 0 radical (unpaired) electrons. The first-order valence-corrected chi connectivity index (χ1v) is 9.75. The zero-order valence-corrected chi connectivity index (χ0v) is 16.2. The summed E-state index contributed by atoms with van der Waals surface area (Å²) < 4.78 is 2.16. The minimum Gasteiger partial charge on any atom is -0.342 e. The normalized spacial score (nSPS) is 15.2. The number of aromatic nitrogens is 1. The molecule has 1 aromatic heterocycles. The maximum absolute atomic E-state index is 12.9. The molecule has 4 aromatic rings. The van der Waals surface area contributed by atoms with Gasteiger partial charge in [0.2, 0.25) is 0 Å². The van der Waals surface area contributed by atoms with Crippen LogP contribution >= 0.6 is 0 Å². The summed E-state index contributed by atoms with van der Waals surface area (Å²) >= 11 is 0. The van der Waals surface area contributed by atoms with Gasteiger partial charge in [0.05, 0.1) is 5.69 Å². The maximum atomic E-state index is 12.9. The number of nitrogens with zero attached hydrogens (tertiary/aromatic N) is 2. The van der Waals surface area contributed by atoms with E-state index in [4.69, 9.17) is 0 Å². The molecule has 3 aromatic carbocycles. The first kappa shape index (κ1) is 17.9. The van der Waals surface area contributed by atoms with Crippen molar-refractivity contribution in [2.75, 3.05) is 4.90 Å². The first-order chi connectivity index (χ1) is 14.7. The van der Waals surface area contributed by atoms with Crippen molar-refractivity contribution >= 4 is 34.6 Å². The number of para-hydroxylation sites is 2. The first-order valence-electron chi connectivity index (χ1n) is 9.75. The van der Waals surface area contributed by atoms with Gasteiger partial charge < -0.3 is 9.88 Å². The van der Waals surface area contributed by atoms with Crippen LogP contribution in [0.3, 0.4) is 0 Å². The predicted molar refractivity (Wildman–Crippen MR) is 118 cm³/mol. The third kappa shape index (κ3) is 3.16. The lowest BCUT2D eigenvalue weighted by molar-refractivity contribution is -0.113. The quantitative estimate of drug-likeness (QED) is 0.400. The van der Waals surface area contributed by atoms with Gasteiger partial charge in [-0.1, -0.05) is 66.7 Å². The number of hydrogen-bond donors (Lipinski definition) is 1. The molecule has 0 aliphatic carbocycles. The highest BCUT2D eigenvalue weighted by molar-refractivity contribution is 6.28. The Hall–Kier alpha value is -4.12. The van der Waals surface area contributed by atoms with Crippen LogP contribution in [-0.2, 0) is 11.3 Å². The van der Waals surface area contributed by atoms with Crippen molar-refractivity contribution in [1.29, 1.82) is 0 Å². The van der Waals surface area contributed by atoms with Crippen molar-refractivity contribution in [3.63, 3.8) is 0 Å². The van der Waals surface area contributed by atoms with Crippen LogP contribution in [0.4, 0.5) is 10.5 Å². The number of fused-ring (bicyclic) bond motifs is 1. The third-order valence-corrected chi connectivity index (χ3v) is 5.21. The molecule has 30 heavy (non-hydrogen) atoms. The average Bonchev–Trinajstić information content (AvgIpc) is 3.26. The Morgan fingerprint density at radius 1 is 0.800 bits per heavy atom. The molecule has 2 heterocycles. The highest BCUT2D eigenvalue weighted by Gasteiger charge is 2.34. The summed E-state index contributed by atoms with van der Waals surface area (Å²) in [6.45, 7) is 0.723. The maximum Gasteiger partial charge on any atom is 0.333 e. The number of hydrogen-bond acceptors (Lipinski definition) is 2. The molecule has 1 aliphatic rings. The van der Waals surface area contributed by atoms with Crippen LogP contribution < -0.4 is 10.2 Å². The van der Waals surface area contributed by atoms with E-state index in [2.05, 4.69) is 28.1 Å². The Morgan fingerprint density at radius 2 is 1.47 bits per heavy atom. The zero-order valence-electron chi connectivity index (χ0n) is 16.2. The van der Waals surface area contributed by atoms with E-state index in [1.165, 1.54) is 5.56 Å². The van der Waals surface area contributed by atoms with Gasteiger partial charge in [-0.25, -0.2) is 9.69 Å². The van der Waals surface area contributed by atoms with E-state index in [-0.39, 0.29) is 11.6 Å². The average molecular weight is 393 g/mol. The summed E-state index contributed by atoms with van der Waals surface area (Å²) in [5.74, 6) is -0.355. The molecular formula is C25H19N3O2. The standard InChI is InChI=1S/C25H19N3O2/c29-24-22(26-25(30)28(24)20-11-5-2-6-12-20)15-19-17-27(16-18-9-3-1-4-10-18)23-14-8-7-13-21(19)23/h1-15,17H,16H2,(H,26,30). The van der Waals surface area contributed by atoms with E-state index in [0.717, 1.165) is 27.9 Å². The van der Waals surface area contributed by atoms with Gasteiger partial charge in [0.25, 0.3) is 5.91 Å². The van der Waals surface area contributed by atoms with Crippen LogP contribution in [0.2, 0.25) is 0 Å². The highest BCUT2D eigenvalue weighted by atomic mass is 16.2. The lowest BCUT2D eigenvalue weighted by Crippen LogP contribution is -2.30. The Labute approximate surface area is 173 Å². The molecule has 1 fully saturated rings. The number of carbonyl (C=O) groups is 2. The molecule has 0 spiro atoms. The number of nitrogens with one attached hydrogen (secondary N) is 1. The minimum absolute atomic E-state index is 0.270. The van der Waals surface area contributed by atoms with Gasteiger partial charge in [0, 0.05) is 29.2 Å². The van der Waals surface area contributed by atoms with Crippen LogP contribution in [0.5, 0.6) is 0 Å². The Kier molecular flexibility index (Phi) is 4.41. The topological polar surface area (TPSA) is 54.3 Å². The largest absolute Gasteiger partial charge is 0.342 e.